The molecule has 0 aliphatic rings. The Morgan fingerprint density at radius 2 is 1.44 bits per heavy atom. The summed E-state index contributed by atoms with van der Waals surface area (Å²) in [5, 5.41) is 0. The average molecular weight is 283 g/mol. The van der Waals surface area contributed by atoms with Crippen molar-refractivity contribution in [3.05, 3.63) is 60.2 Å². The van der Waals surface area contributed by atoms with Crippen molar-refractivity contribution < 1.29 is 8.78 Å². The molecule has 0 bridgehead atoms. The smallest absolute Gasteiger partial charge is 0.188 e. The van der Waals surface area contributed by atoms with Gasteiger partial charge in [-0.25, -0.2) is 0 Å². The summed E-state index contributed by atoms with van der Waals surface area (Å²) in [6, 6.07) is 15.8. The predicted octanol–water partition coefficient (Wildman–Crippen LogP) is 4.80. The maximum absolute atomic E-state index is 13.1. The van der Waals surface area contributed by atoms with Crippen molar-refractivity contribution in [3.63, 3.8) is 0 Å². The van der Waals surface area contributed by atoms with Crippen LogP contribution in [0.3, 0.4) is 0 Å². The Hall–Kier alpha value is -1.22. The van der Waals surface area contributed by atoms with Crippen LogP contribution in [-0.2, 0) is 4.83 Å². The van der Waals surface area contributed by atoms with Crippen LogP contribution in [0.25, 0.3) is 11.1 Å². The van der Waals surface area contributed by atoms with Gasteiger partial charge in [0.1, 0.15) is 0 Å². The summed E-state index contributed by atoms with van der Waals surface area (Å²) in [6.07, 6.45) is 0. The van der Waals surface area contributed by atoms with E-state index in [1.165, 1.54) is 12.1 Å². The van der Waals surface area contributed by atoms with Gasteiger partial charge in [-0.05, 0) is 33.1 Å². The van der Waals surface area contributed by atoms with E-state index in [1.807, 2.05) is 36.4 Å². The highest BCUT2D eigenvalue weighted by Gasteiger charge is 2.26. The lowest BCUT2D eigenvalue weighted by molar-refractivity contribution is 0.114. The minimum atomic E-state index is -2.97. The van der Waals surface area contributed by atoms with Crippen LogP contribution in [-0.4, -0.2) is 0 Å². The Balaban J connectivity index is 2.45. The molecule has 0 spiro atoms. The largest absolute Gasteiger partial charge is 0.326 e. The first-order valence-corrected chi connectivity index (χ1v) is 5.59. The minimum Gasteiger partial charge on any atom is -0.188 e. The van der Waals surface area contributed by atoms with Gasteiger partial charge in [-0.1, -0.05) is 48.5 Å². The maximum Gasteiger partial charge on any atom is 0.326 e. The fraction of sp³-hybridized carbons (Fsp3) is 0.0769. The van der Waals surface area contributed by atoms with E-state index >= 15 is 0 Å². The zero-order valence-electron chi connectivity index (χ0n) is 8.33. The Labute approximate surface area is 101 Å². The SMILES string of the molecule is FC(F)(Br)c1cccc(-c2ccccc2)c1. The molecular weight excluding hydrogens is 274 g/mol. The quantitative estimate of drug-likeness (QED) is 0.694. The van der Waals surface area contributed by atoms with Crippen LogP contribution in [0.4, 0.5) is 8.78 Å². The number of hydrogen-bond acceptors (Lipinski definition) is 0. The van der Waals surface area contributed by atoms with Gasteiger partial charge in [-0.3, -0.25) is 0 Å². The molecule has 0 saturated carbocycles. The average Bonchev–Trinajstić information content (AvgIpc) is 2.29. The predicted molar refractivity (Wildman–Crippen MR) is 64.7 cm³/mol. The molecule has 0 aliphatic heterocycles. The summed E-state index contributed by atoms with van der Waals surface area (Å²) in [5.41, 5.74) is 1.69. The van der Waals surface area contributed by atoms with Crippen LogP contribution in [0.1, 0.15) is 5.56 Å². The molecule has 0 unspecified atom stereocenters. The van der Waals surface area contributed by atoms with E-state index in [-0.39, 0.29) is 5.56 Å². The molecule has 82 valence electrons. The van der Waals surface area contributed by atoms with Crippen LogP contribution in [0.2, 0.25) is 0 Å². The second-order valence-corrected chi connectivity index (χ2v) is 4.44. The van der Waals surface area contributed by atoms with Gasteiger partial charge < -0.3 is 0 Å². The van der Waals surface area contributed by atoms with Crippen LogP contribution < -0.4 is 0 Å². The van der Waals surface area contributed by atoms with Gasteiger partial charge in [-0.2, -0.15) is 8.78 Å². The van der Waals surface area contributed by atoms with E-state index in [4.69, 9.17) is 0 Å². The molecule has 2 aromatic rings. The molecule has 3 heteroatoms. The van der Waals surface area contributed by atoms with Crippen LogP contribution in [0.15, 0.2) is 54.6 Å². The van der Waals surface area contributed by atoms with Gasteiger partial charge in [0.15, 0.2) is 0 Å². The molecule has 2 aromatic carbocycles. The molecule has 0 nitrogen and oxygen atoms in total. The van der Waals surface area contributed by atoms with Gasteiger partial charge >= 0.3 is 4.83 Å². The third kappa shape index (κ3) is 2.47. The van der Waals surface area contributed by atoms with E-state index in [1.54, 1.807) is 6.07 Å². The van der Waals surface area contributed by atoms with E-state index in [0.29, 0.717) is 0 Å². The number of alkyl halides is 3. The standard InChI is InChI=1S/C13H9BrF2/c14-13(15,16)12-8-4-7-11(9-12)10-5-2-1-3-6-10/h1-9H. The normalized spacial score (nSPS) is 11.4. The first kappa shape index (κ1) is 11.3. The number of hydrogen-bond donors (Lipinski definition) is 0. The highest BCUT2D eigenvalue weighted by atomic mass is 79.9. The molecule has 0 aliphatic carbocycles. The molecule has 2 rings (SSSR count). The van der Waals surface area contributed by atoms with Crippen LogP contribution in [0.5, 0.6) is 0 Å². The molecule has 0 fully saturated rings. The summed E-state index contributed by atoms with van der Waals surface area (Å²) in [6.45, 7) is 0. The minimum absolute atomic E-state index is 0.0335. The molecule has 0 saturated heterocycles. The fourth-order valence-corrected chi connectivity index (χ4v) is 1.75. The zero-order valence-corrected chi connectivity index (χ0v) is 9.92. The lowest BCUT2D eigenvalue weighted by Gasteiger charge is -2.10. The fourth-order valence-electron chi connectivity index (χ4n) is 1.51. The summed E-state index contributed by atoms with van der Waals surface area (Å²) in [5.74, 6) is 0. The van der Waals surface area contributed by atoms with Crippen molar-refractivity contribution in [2.24, 2.45) is 0 Å². The van der Waals surface area contributed by atoms with E-state index in [9.17, 15) is 8.78 Å². The monoisotopic (exact) mass is 282 g/mol. The van der Waals surface area contributed by atoms with Crippen LogP contribution >= 0.6 is 15.9 Å². The third-order valence-corrected chi connectivity index (χ3v) is 2.75. The Bertz CT molecular complexity index is 475. The van der Waals surface area contributed by atoms with Gasteiger partial charge in [0.25, 0.3) is 0 Å². The molecular formula is C13H9BrF2. The van der Waals surface area contributed by atoms with Gasteiger partial charge in [-0.15, -0.1) is 0 Å². The van der Waals surface area contributed by atoms with Gasteiger partial charge in [0.2, 0.25) is 0 Å². The highest BCUT2D eigenvalue weighted by Crippen LogP contribution is 2.36. The Kier molecular flexibility index (Phi) is 3.06. The Morgan fingerprint density at radius 3 is 2.06 bits per heavy atom. The lowest BCUT2D eigenvalue weighted by Crippen LogP contribution is -2.01. The van der Waals surface area contributed by atoms with Crippen molar-refractivity contribution in [1.82, 2.24) is 0 Å². The Morgan fingerprint density at radius 1 is 0.812 bits per heavy atom. The van der Waals surface area contributed by atoms with E-state index < -0.39 is 4.83 Å². The molecule has 0 heterocycles. The van der Waals surface area contributed by atoms with Crippen molar-refractivity contribution in [2.45, 2.75) is 4.83 Å². The molecule has 0 N–H and O–H groups in total. The number of benzene rings is 2. The summed E-state index contributed by atoms with van der Waals surface area (Å²) >= 11 is 2.36. The summed E-state index contributed by atoms with van der Waals surface area (Å²) < 4.78 is 26.1. The lowest BCUT2D eigenvalue weighted by atomic mass is 10.0. The van der Waals surface area contributed by atoms with Crippen molar-refractivity contribution in [1.29, 1.82) is 0 Å². The van der Waals surface area contributed by atoms with Crippen molar-refractivity contribution in [2.75, 3.05) is 0 Å². The second kappa shape index (κ2) is 4.34. The summed E-state index contributed by atoms with van der Waals surface area (Å²) in [4.78, 5) is -2.97. The molecule has 0 amide bonds. The summed E-state index contributed by atoms with van der Waals surface area (Å²) in [7, 11) is 0. The highest BCUT2D eigenvalue weighted by molar-refractivity contribution is 9.09. The molecule has 16 heavy (non-hydrogen) atoms. The zero-order chi connectivity index (χ0) is 11.6. The molecule has 0 atom stereocenters. The van der Waals surface area contributed by atoms with Crippen molar-refractivity contribution >= 4 is 15.9 Å². The van der Waals surface area contributed by atoms with Crippen molar-refractivity contribution in [3.8, 4) is 11.1 Å². The van der Waals surface area contributed by atoms with E-state index in [2.05, 4.69) is 15.9 Å². The number of halogens is 3. The maximum atomic E-state index is 13.1. The molecule has 0 radical (unpaired) electrons. The topological polar surface area (TPSA) is 0 Å². The van der Waals surface area contributed by atoms with E-state index in [0.717, 1.165) is 11.1 Å². The van der Waals surface area contributed by atoms with Gasteiger partial charge in [0.05, 0.1) is 0 Å². The van der Waals surface area contributed by atoms with Gasteiger partial charge in [0, 0.05) is 5.56 Å². The number of rotatable bonds is 2. The second-order valence-electron chi connectivity index (χ2n) is 3.44. The van der Waals surface area contributed by atoms with Crippen LogP contribution in [0, 0.1) is 0 Å². The third-order valence-electron chi connectivity index (χ3n) is 2.30. The molecule has 0 aromatic heterocycles. The first-order chi connectivity index (χ1) is 7.57. The first-order valence-electron chi connectivity index (χ1n) is 4.80.